The average Bonchev–Trinajstić information content (AvgIpc) is 2.35. The average molecular weight is 160 g/mol. The Kier molecular flexibility index (Phi) is 2.30. The number of carbonyl (C=O) groups is 2. The van der Waals surface area contributed by atoms with Gasteiger partial charge in [-0.05, 0) is 0 Å². The number of hydrogen-bond donors (Lipinski definition) is 0. The van der Waals surface area contributed by atoms with Crippen LogP contribution in [-0.4, -0.2) is 31.9 Å². The molecule has 5 heteroatoms. The van der Waals surface area contributed by atoms with Crippen molar-refractivity contribution in [3.8, 4) is 0 Å². The molecule has 5 nitrogen and oxygen atoms in total. The van der Waals surface area contributed by atoms with E-state index < -0.39 is 12.3 Å². The van der Waals surface area contributed by atoms with E-state index in [4.69, 9.17) is 0 Å². The molecule has 0 amide bonds. The van der Waals surface area contributed by atoms with Crippen LogP contribution in [0.4, 0.5) is 4.79 Å². The van der Waals surface area contributed by atoms with Crippen molar-refractivity contribution in [1.29, 1.82) is 0 Å². The summed E-state index contributed by atoms with van der Waals surface area (Å²) in [6.07, 6.45) is -1.14. The van der Waals surface area contributed by atoms with Crippen molar-refractivity contribution in [3.05, 3.63) is 0 Å². The van der Waals surface area contributed by atoms with Gasteiger partial charge >= 0.3 is 12.1 Å². The highest BCUT2D eigenvalue weighted by molar-refractivity contribution is 5.72. The van der Waals surface area contributed by atoms with Crippen molar-refractivity contribution in [3.63, 3.8) is 0 Å². The van der Waals surface area contributed by atoms with Crippen LogP contribution in [0.25, 0.3) is 0 Å². The van der Waals surface area contributed by atoms with Gasteiger partial charge < -0.3 is 14.2 Å². The fraction of sp³-hybridized carbons (Fsp3) is 0.667. The summed E-state index contributed by atoms with van der Waals surface area (Å²) in [6.45, 7) is 0.133. The van der Waals surface area contributed by atoms with Crippen LogP contribution < -0.4 is 0 Å². The zero-order valence-corrected chi connectivity index (χ0v) is 6.03. The van der Waals surface area contributed by atoms with Gasteiger partial charge in [-0.15, -0.1) is 0 Å². The first-order chi connectivity index (χ1) is 5.22. The maximum absolute atomic E-state index is 10.5. The Morgan fingerprint density at radius 3 is 2.91 bits per heavy atom. The number of ether oxygens (including phenoxy) is 3. The summed E-state index contributed by atoms with van der Waals surface area (Å²) in [4.78, 5) is 20.9. The second kappa shape index (κ2) is 3.23. The van der Waals surface area contributed by atoms with Crippen LogP contribution in [0.3, 0.4) is 0 Å². The molecular formula is C6H8O5. The van der Waals surface area contributed by atoms with E-state index >= 15 is 0 Å². The number of methoxy groups -OCH3 is 1. The molecule has 1 rings (SSSR count). The Labute approximate surface area is 63.2 Å². The molecule has 11 heavy (non-hydrogen) atoms. The second-order valence-electron chi connectivity index (χ2n) is 2.08. The monoisotopic (exact) mass is 160 g/mol. The first-order valence-corrected chi connectivity index (χ1v) is 3.12. The molecule has 1 aliphatic rings. The summed E-state index contributed by atoms with van der Waals surface area (Å²) in [5.41, 5.74) is 0. The van der Waals surface area contributed by atoms with E-state index in [0.717, 1.165) is 0 Å². The molecule has 0 aromatic carbocycles. The van der Waals surface area contributed by atoms with E-state index in [1.165, 1.54) is 7.11 Å². The lowest BCUT2D eigenvalue weighted by Crippen LogP contribution is -2.17. The molecule has 0 spiro atoms. The Balaban J connectivity index is 2.28. The highest BCUT2D eigenvalue weighted by Crippen LogP contribution is 2.10. The Bertz CT molecular complexity index is 176. The Morgan fingerprint density at radius 1 is 1.73 bits per heavy atom. The fourth-order valence-electron chi connectivity index (χ4n) is 0.750. The predicted octanol–water partition coefficient (Wildman–Crippen LogP) is 0.0849. The van der Waals surface area contributed by atoms with Crippen LogP contribution in [0, 0.1) is 0 Å². The van der Waals surface area contributed by atoms with Gasteiger partial charge in [-0.1, -0.05) is 0 Å². The van der Waals surface area contributed by atoms with Gasteiger partial charge in [-0.2, -0.15) is 0 Å². The third-order valence-corrected chi connectivity index (χ3v) is 1.25. The van der Waals surface area contributed by atoms with E-state index in [2.05, 4.69) is 14.2 Å². The van der Waals surface area contributed by atoms with Gasteiger partial charge in [-0.3, -0.25) is 4.79 Å². The van der Waals surface area contributed by atoms with E-state index in [1.54, 1.807) is 0 Å². The Hall–Kier alpha value is -1.26. The summed E-state index contributed by atoms with van der Waals surface area (Å²) >= 11 is 0. The van der Waals surface area contributed by atoms with Crippen molar-refractivity contribution < 1.29 is 23.8 Å². The molecule has 62 valence electrons. The smallest absolute Gasteiger partial charge is 0.462 e. The number of cyclic esters (lactones) is 1. The highest BCUT2D eigenvalue weighted by atomic mass is 16.7. The molecule has 1 aliphatic heterocycles. The van der Waals surface area contributed by atoms with E-state index in [9.17, 15) is 9.59 Å². The van der Waals surface area contributed by atoms with Gasteiger partial charge in [0.15, 0.2) is 0 Å². The Morgan fingerprint density at radius 2 is 2.45 bits per heavy atom. The summed E-state index contributed by atoms with van der Waals surface area (Å²) in [5, 5.41) is 0. The summed E-state index contributed by atoms with van der Waals surface area (Å²) in [5.74, 6) is -0.348. The van der Waals surface area contributed by atoms with Crippen LogP contribution in [0.15, 0.2) is 0 Å². The van der Waals surface area contributed by atoms with Crippen LogP contribution >= 0.6 is 0 Å². The van der Waals surface area contributed by atoms with Crippen LogP contribution in [-0.2, 0) is 19.0 Å². The van der Waals surface area contributed by atoms with Crippen molar-refractivity contribution in [2.75, 3.05) is 13.7 Å². The minimum absolute atomic E-state index is 0.120. The molecule has 1 saturated heterocycles. The molecule has 0 bridgehead atoms. The molecule has 1 fully saturated rings. The number of carbonyl (C=O) groups excluding carboxylic acids is 2. The number of esters is 1. The van der Waals surface area contributed by atoms with Gasteiger partial charge in [0.1, 0.15) is 12.7 Å². The molecule has 0 aromatic heterocycles. The van der Waals surface area contributed by atoms with Gasteiger partial charge in [0, 0.05) is 0 Å². The SMILES string of the molecule is COC(=O)OC1COC(=O)C1. The summed E-state index contributed by atoms with van der Waals surface area (Å²) < 4.78 is 13.4. The first kappa shape index (κ1) is 7.84. The van der Waals surface area contributed by atoms with Gasteiger partial charge in [0.25, 0.3) is 0 Å². The normalized spacial score (nSPS) is 22.6. The molecule has 1 atom stereocenters. The van der Waals surface area contributed by atoms with E-state index in [0.29, 0.717) is 0 Å². The summed E-state index contributed by atoms with van der Waals surface area (Å²) in [7, 11) is 1.21. The topological polar surface area (TPSA) is 61.8 Å². The van der Waals surface area contributed by atoms with Crippen molar-refractivity contribution in [1.82, 2.24) is 0 Å². The second-order valence-corrected chi connectivity index (χ2v) is 2.08. The van der Waals surface area contributed by atoms with Crippen LogP contribution in [0.2, 0.25) is 0 Å². The predicted molar refractivity (Wildman–Crippen MR) is 32.9 cm³/mol. The molecule has 0 aliphatic carbocycles. The number of rotatable bonds is 1. The lowest BCUT2D eigenvalue weighted by molar-refractivity contribution is -0.137. The van der Waals surface area contributed by atoms with Crippen molar-refractivity contribution in [2.24, 2.45) is 0 Å². The third-order valence-electron chi connectivity index (χ3n) is 1.25. The van der Waals surface area contributed by atoms with Gasteiger partial charge in [-0.25, -0.2) is 4.79 Å². The third kappa shape index (κ3) is 2.10. The standard InChI is InChI=1S/C6H8O5/c1-9-6(8)11-4-2-5(7)10-3-4/h4H,2-3H2,1H3. The highest BCUT2D eigenvalue weighted by Gasteiger charge is 2.27. The van der Waals surface area contributed by atoms with Crippen molar-refractivity contribution >= 4 is 12.1 Å². The summed E-state index contributed by atoms with van der Waals surface area (Å²) in [6, 6.07) is 0. The van der Waals surface area contributed by atoms with Crippen LogP contribution in [0.1, 0.15) is 6.42 Å². The molecule has 0 aromatic rings. The molecule has 0 N–H and O–H groups in total. The molecule has 0 saturated carbocycles. The maximum Gasteiger partial charge on any atom is 0.508 e. The maximum atomic E-state index is 10.5. The zero-order valence-electron chi connectivity index (χ0n) is 6.03. The molecular weight excluding hydrogens is 152 g/mol. The van der Waals surface area contributed by atoms with Gasteiger partial charge in [0.05, 0.1) is 13.5 Å². The van der Waals surface area contributed by atoms with Gasteiger partial charge in [0.2, 0.25) is 0 Å². The lowest BCUT2D eigenvalue weighted by atomic mass is 10.3. The van der Waals surface area contributed by atoms with E-state index in [1.807, 2.05) is 0 Å². The minimum atomic E-state index is -0.784. The van der Waals surface area contributed by atoms with Crippen molar-refractivity contribution in [2.45, 2.75) is 12.5 Å². The van der Waals surface area contributed by atoms with E-state index in [-0.39, 0.29) is 19.0 Å². The molecule has 1 heterocycles. The fourth-order valence-corrected chi connectivity index (χ4v) is 0.750. The van der Waals surface area contributed by atoms with Crippen LogP contribution in [0.5, 0.6) is 0 Å². The minimum Gasteiger partial charge on any atom is -0.462 e. The lowest BCUT2D eigenvalue weighted by Gasteiger charge is -2.05. The largest absolute Gasteiger partial charge is 0.508 e. The molecule has 0 radical (unpaired) electrons. The zero-order chi connectivity index (χ0) is 8.27. The first-order valence-electron chi connectivity index (χ1n) is 3.12. The molecule has 1 unspecified atom stereocenters. The number of hydrogen-bond acceptors (Lipinski definition) is 5. The quantitative estimate of drug-likeness (QED) is 0.508.